The van der Waals surface area contributed by atoms with Gasteiger partial charge in [0.05, 0.1) is 7.11 Å². The monoisotopic (exact) mass is 323 g/mol. The van der Waals surface area contributed by atoms with E-state index in [9.17, 15) is 4.79 Å². The number of urea groups is 1. The zero-order valence-electron chi connectivity index (χ0n) is 13.4. The third-order valence-corrected chi connectivity index (χ3v) is 3.44. The molecule has 6 heteroatoms. The van der Waals surface area contributed by atoms with Crippen molar-refractivity contribution in [2.75, 3.05) is 17.7 Å². The average Bonchev–Trinajstić information content (AvgIpc) is 3.05. The summed E-state index contributed by atoms with van der Waals surface area (Å²) in [6.45, 7) is 1.99. The molecule has 122 valence electrons. The number of rotatable bonds is 4. The van der Waals surface area contributed by atoms with Crippen molar-refractivity contribution in [2.45, 2.75) is 6.92 Å². The van der Waals surface area contributed by atoms with E-state index < -0.39 is 0 Å². The molecule has 3 rings (SSSR count). The molecule has 0 saturated heterocycles. The first-order valence-electron chi connectivity index (χ1n) is 7.40. The third kappa shape index (κ3) is 3.73. The van der Waals surface area contributed by atoms with Crippen molar-refractivity contribution in [3.8, 4) is 17.1 Å². The molecule has 0 bridgehead atoms. The molecule has 0 atom stereocenters. The average molecular weight is 323 g/mol. The van der Waals surface area contributed by atoms with Gasteiger partial charge in [-0.1, -0.05) is 22.9 Å². The number of nitrogens with zero attached hydrogens (tertiary/aromatic N) is 1. The molecule has 24 heavy (non-hydrogen) atoms. The van der Waals surface area contributed by atoms with Crippen molar-refractivity contribution in [2.24, 2.45) is 0 Å². The molecule has 0 unspecified atom stereocenters. The first kappa shape index (κ1) is 15.6. The Morgan fingerprint density at radius 1 is 1.04 bits per heavy atom. The summed E-state index contributed by atoms with van der Waals surface area (Å²) < 4.78 is 10.4. The van der Waals surface area contributed by atoms with E-state index in [1.807, 2.05) is 55.5 Å². The lowest BCUT2D eigenvalue weighted by Crippen LogP contribution is -2.19. The highest BCUT2D eigenvalue weighted by Crippen LogP contribution is 2.24. The van der Waals surface area contributed by atoms with Crippen LogP contribution in [0.1, 0.15) is 5.56 Å². The molecule has 2 N–H and O–H groups in total. The van der Waals surface area contributed by atoms with Gasteiger partial charge in [0.25, 0.3) is 0 Å². The standard InChI is InChI=1S/C18H17N3O3/c1-12-3-7-14(8-4-12)19-18(22)20-17-11-16(24-21-17)13-5-9-15(23-2)10-6-13/h3-11H,1-2H3,(H2,19,20,21,22). The van der Waals surface area contributed by atoms with E-state index in [1.54, 1.807) is 13.2 Å². The number of methoxy groups -OCH3 is 1. The van der Waals surface area contributed by atoms with Gasteiger partial charge in [-0.3, -0.25) is 5.32 Å². The van der Waals surface area contributed by atoms with Crippen LogP contribution < -0.4 is 15.4 Å². The fraction of sp³-hybridized carbons (Fsp3) is 0.111. The summed E-state index contributed by atoms with van der Waals surface area (Å²) in [5.41, 5.74) is 2.67. The molecule has 0 radical (unpaired) electrons. The van der Waals surface area contributed by atoms with Crippen LogP contribution in [0.2, 0.25) is 0 Å². The van der Waals surface area contributed by atoms with E-state index in [2.05, 4.69) is 15.8 Å². The highest BCUT2D eigenvalue weighted by molar-refractivity contribution is 5.99. The molecule has 0 aliphatic rings. The van der Waals surface area contributed by atoms with Crippen molar-refractivity contribution >= 4 is 17.5 Å². The van der Waals surface area contributed by atoms with Gasteiger partial charge < -0.3 is 14.6 Å². The van der Waals surface area contributed by atoms with E-state index in [-0.39, 0.29) is 6.03 Å². The zero-order chi connectivity index (χ0) is 16.9. The summed E-state index contributed by atoms with van der Waals surface area (Å²) in [5, 5.41) is 9.22. The minimum absolute atomic E-state index is 0.338. The van der Waals surface area contributed by atoms with Crippen LogP contribution in [0.5, 0.6) is 5.75 Å². The topological polar surface area (TPSA) is 76.4 Å². The van der Waals surface area contributed by atoms with Gasteiger partial charge in [-0.25, -0.2) is 4.79 Å². The number of carbonyl (C=O) groups is 1. The smallest absolute Gasteiger partial charge is 0.324 e. The molecule has 6 nitrogen and oxygen atoms in total. The van der Waals surface area contributed by atoms with E-state index in [4.69, 9.17) is 9.26 Å². The number of ether oxygens (including phenoxy) is 1. The second-order valence-corrected chi connectivity index (χ2v) is 5.25. The Labute approximate surface area is 139 Å². The number of nitrogens with one attached hydrogen (secondary N) is 2. The van der Waals surface area contributed by atoms with Crippen LogP contribution in [0.25, 0.3) is 11.3 Å². The van der Waals surface area contributed by atoms with E-state index >= 15 is 0 Å². The Bertz CT molecular complexity index is 823. The van der Waals surface area contributed by atoms with Crippen molar-refractivity contribution in [3.63, 3.8) is 0 Å². The summed E-state index contributed by atoms with van der Waals surface area (Å²) in [5.74, 6) is 1.66. The lowest BCUT2D eigenvalue weighted by molar-refractivity contribution is 0.262. The lowest BCUT2D eigenvalue weighted by atomic mass is 10.2. The van der Waals surface area contributed by atoms with Crippen LogP contribution in [0.15, 0.2) is 59.1 Å². The normalized spacial score (nSPS) is 10.2. The molecule has 2 aromatic carbocycles. The molecule has 2 amide bonds. The molecule has 3 aromatic rings. The minimum Gasteiger partial charge on any atom is -0.497 e. The van der Waals surface area contributed by atoms with Crippen LogP contribution in [-0.4, -0.2) is 18.3 Å². The number of aromatic nitrogens is 1. The Morgan fingerprint density at radius 2 is 1.75 bits per heavy atom. The number of aryl methyl sites for hydroxylation is 1. The Morgan fingerprint density at radius 3 is 2.42 bits per heavy atom. The maximum absolute atomic E-state index is 12.0. The number of benzene rings is 2. The summed E-state index contributed by atoms with van der Waals surface area (Å²) in [7, 11) is 1.61. The molecular weight excluding hydrogens is 306 g/mol. The molecule has 0 aliphatic carbocycles. The predicted molar refractivity (Wildman–Crippen MR) is 92.3 cm³/mol. The number of carbonyl (C=O) groups excluding carboxylic acids is 1. The summed E-state index contributed by atoms with van der Waals surface area (Å²) in [6, 6.07) is 16.2. The quantitative estimate of drug-likeness (QED) is 0.750. The Balaban J connectivity index is 1.64. The van der Waals surface area contributed by atoms with Crippen molar-refractivity contribution in [1.82, 2.24) is 5.16 Å². The van der Waals surface area contributed by atoms with Crippen LogP contribution in [0.4, 0.5) is 16.3 Å². The Hall–Kier alpha value is -3.28. The fourth-order valence-corrected chi connectivity index (χ4v) is 2.14. The number of hydrogen-bond acceptors (Lipinski definition) is 4. The third-order valence-electron chi connectivity index (χ3n) is 3.44. The first-order valence-corrected chi connectivity index (χ1v) is 7.40. The Kier molecular flexibility index (Phi) is 4.47. The molecule has 0 aliphatic heterocycles. The highest BCUT2D eigenvalue weighted by Gasteiger charge is 2.10. The number of amides is 2. The van der Waals surface area contributed by atoms with E-state index in [0.717, 1.165) is 16.9 Å². The van der Waals surface area contributed by atoms with Crippen molar-refractivity contribution in [3.05, 3.63) is 60.2 Å². The highest BCUT2D eigenvalue weighted by atomic mass is 16.5. The van der Waals surface area contributed by atoms with Crippen LogP contribution in [-0.2, 0) is 0 Å². The molecule has 0 spiro atoms. The van der Waals surface area contributed by atoms with Crippen LogP contribution in [0, 0.1) is 6.92 Å². The molecular formula is C18H17N3O3. The second kappa shape index (κ2) is 6.87. The second-order valence-electron chi connectivity index (χ2n) is 5.25. The van der Waals surface area contributed by atoms with E-state index in [0.29, 0.717) is 17.3 Å². The lowest BCUT2D eigenvalue weighted by Gasteiger charge is -2.05. The van der Waals surface area contributed by atoms with Crippen molar-refractivity contribution in [1.29, 1.82) is 0 Å². The van der Waals surface area contributed by atoms with Gasteiger partial charge in [0.15, 0.2) is 11.6 Å². The maximum Gasteiger partial charge on any atom is 0.324 e. The van der Waals surface area contributed by atoms with Gasteiger partial charge in [-0.2, -0.15) is 0 Å². The maximum atomic E-state index is 12.0. The van der Waals surface area contributed by atoms with Gasteiger partial charge in [0.1, 0.15) is 5.75 Å². The summed E-state index contributed by atoms with van der Waals surface area (Å²) in [4.78, 5) is 12.0. The number of anilines is 2. The summed E-state index contributed by atoms with van der Waals surface area (Å²) >= 11 is 0. The van der Waals surface area contributed by atoms with Crippen LogP contribution >= 0.6 is 0 Å². The fourth-order valence-electron chi connectivity index (χ4n) is 2.14. The van der Waals surface area contributed by atoms with Crippen molar-refractivity contribution < 1.29 is 14.1 Å². The first-order chi connectivity index (χ1) is 11.6. The molecule has 0 saturated carbocycles. The number of hydrogen-bond donors (Lipinski definition) is 2. The molecule has 1 aromatic heterocycles. The van der Waals surface area contributed by atoms with Crippen LogP contribution in [0.3, 0.4) is 0 Å². The SMILES string of the molecule is COc1ccc(-c2cc(NC(=O)Nc3ccc(C)cc3)no2)cc1. The van der Waals surface area contributed by atoms with E-state index in [1.165, 1.54) is 0 Å². The minimum atomic E-state index is -0.381. The van der Waals surface area contributed by atoms with Gasteiger partial charge in [-0.15, -0.1) is 0 Å². The van der Waals surface area contributed by atoms with Gasteiger partial charge in [-0.05, 0) is 43.3 Å². The van der Waals surface area contributed by atoms with Gasteiger partial charge in [0.2, 0.25) is 0 Å². The largest absolute Gasteiger partial charge is 0.497 e. The van der Waals surface area contributed by atoms with Gasteiger partial charge in [0, 0.05) is 17.3 Å². The molecule has 1 heterocycles. The summed E-state index contributed by atoms with van der Waals surface area (Å²) in [6.07, 6.45) is 0. The van der Waals surface area contributed by atoms with Gasteiger partial charge >= 0.3 is 6.03 Å². The zero-order valence-corrected chi connectivity index (χ0v) is 13.4. The molecule has 0 fully saturated rings. The predicted octanol–water partition coefficient (Wildman–Crippen LogP) is 4.30.